The van der Waals surface area contributed by atoms with Crippen LogP contribution in [0.5, 0.6) is 0 Å². The second-order valence-electron chi connectivity index (χ2n) is 7.38. The molecule has 1 saturated carbocycles. The summed E-state index contributed by atoms with van der Waals surface area (Å²) in [7, 11) is 1.71. The lowest BCUT2D eigenvalue weighted by Crippen LogP contribution is -2.44. The Kier molecular flexibility index (Phi) is 5.58. The summed E-state index contributed by atoms with van der Waals surface area (Å²) in [5.41, 5.74) is 0.234. The second-order valence-corrected chi connectivity index (χ2v) is 7.38. The third kappa shape index (κ3) is 4.83. The predicted molar refractivity (Wildman–Crippen MR) is 93.3 cm³/mol. The molecule has 26 heavy (non-hydrogen) atoms. The van der Waals surface area contributed by atoms with Gasteiger partial charge in [-0.1, -0.05) is 11.6 Å². The summed E-state index contributed by atoms with van der Waals surface area (Å²) in [6, 6.07) is 1.69. The first-order chi connectivity index (χ1) is 12.4. The monoisotopic (exact) mass is 362 g/mol. The maximum Gasteiger partial charge on any atom is 0.273 e. The van der Waals surface area contributed by atoms with Crippen molar-refractivity contribution in [3.05, 3.63) is 17.5 Å². The Morgan fingerprint density at radius 1 is 1.19 bits per heavy atom. The van der Waals surface area contributed by atoms with Crippen LogP contribution in [0, 0.1) is 12.8 Å². The number of amides is 3. The average Bonchev–Trinajstić information content (AvgIpc) is 3.28. The highest BCUT2D eigenvalue weighted by Gasteiger charge is 2.31. The maximum absolute atomic E-state index is 12.4. The Morgan fingerprint density at radius 2 is 1.96 bits per heavy atom. The van der Waals surface area contributed by atoms with Gasteiger partial charge in [0.25, 0.3) is 5.91 Å². The first-order valence-electron chi connectivity index (χ1n) is 9.21. The van der Waals surface area contributed by atoms with Crippen molar-refractivity contribution in [2.24, 2.45) is 5.92 Å². The Balaban J connectivity index is 1.60. The van der Waals surface area contributed by atoms with Crippen LogP contribution in [-0.2, 0) is 9.59 Å². The molecule has 0 spiro atoms. The number of carbonyl (C=O) groups excluding carboxylic acids is 3. The van der Waals surface area contributed by atoms with Crippen LogP contribution in [-0.4, -0.2) is 53.5 Å². The molecule has 2 fully saturated rings. The lowest BCUT2D eigenvalue weighted by molar-refractivity contribution is -0.135. The van der Waals surface area contributed by atoms with Gasteiger partial charge in [-0.15, -0.1) is 0 Å². The zero-order valence-electron chi connectivity index (χ0n) is 15.3. The highest BCUT2D eigenvalue weighted by Crippen LogP contribution is 2.23. The minimum Gasteiger partial charge on any atom is -0.361 e. The number of likely N-dealkylation sites (N-methyl/N-ethyl adjacent to an activating group) is 1. The molecule has 1 aliphatic carbocycles. The molecule has 2 atom stereocenters. The summed E-state index contributed by atoms with van der Waals surface area (Å²) in [6.45, 7) is 2.14. The molecule has 2 heterocycles. The number of carbonyl (C=O) groups is 3. The highest BCUT2D eigenvalue weighted by molar-refractivity contribution is 5.92. The van der Waals surface area contributed by atoms with Gasteiger partial charge in [0.15, 0.2) is 5.69 Å². The van der Waals surface area contributed by atoms with Crippen molar-refractivity contribution in [3.8, 4) is 0 Å². The van der Waals surface area contributed by atoms with E-state index in [-0.39, 0.29) is 41.8 Å². The van der Waals surface area contributed by atoms with E-state index in [0.717, 1.165) is 19.3 Å². The fourth-order valence-electron chi connectivity index (χ4n) is 3.22. The third-order valence-corrected chi connectivity index (χ3v) is 4.94. The molecule has 0 aromatic carbocycles. The van der Waals surface area contributed by atoms with Gasteiger partial charge in [0, 0.05) is 44.1 Å². The number of rotatable bonds is 4. The van der Waals surface area contributed by atoms with Crippen LogP contribution >= 0.6 is 0 Å². The lowest BCUT2D eigenvalue weighted by atomic mass is 9.96. The first kappa shape index (κ1) is 18.4. The number of hydrogen-bond acceptors (Lipinski definition) is 5. The number of hydrogen-bond donors (Lipinski definition) is 2. The van der Waals surface area contributed by atoms with Gasteiger partial charge in [-0.05, 0) is 32.6 Å². The van der Waals surface area contributed by atoms with E-state index in [1.165, 1.54) is 0 Å². The zero-order valence-corrected chi connectivity index (χ0v) is 15.3. The summed E-state index contributed by atoms with van der Waals surface area (Å²) in [5, 5.41) is 9.65. The summed E-state index contributed by atoms with van der Waals surface area (Å²) in [6.07, 6.45) is 4.40. The molecule has 8 nitrogen and oxygen atoms in total. The summed E-state index contributed by atoms with van der Waals surface area (Å²) in [5.74, 6) is -0.122. The van der Waals surface area contributed by atoms with Crippen molar-refractivity contribution in [3.63, 3.8) is 0 Å². The molecule has 1 saturated heterocycles. The van der Waals surface area contributed by atoms with Crippen molar-refractivity contribution in [2.45, 2.75) is 57.5 Å². The molecule has 1 aromatic heterocycles. The summed E-state index contributed by atoms with van der Waals surface area (Å²) in [4.78, 5) is 38.7. The van der Waals surface area contributed by atoms with E-state index < -0.39 is 0 Å². The van der Waals surface area contributed by atoms with Gasteiger partial charge < -0.3 is 20.1 Å². The van der Waals surface area contributed by atoms with Gasteiger partial charge in [0.2, 0.25) is 11.8 Å². The standard InChI is InChI=1S/C18H26N4O4/c1-11-8-15(21-26-11)18(25)20-14-5-3-4-12(9-16(23)22(2)10-14)17(24)19-13-6-7-13/h8,12-14H,3-7,9-10H2,1-2H3,(H,19,24)(H,20,25). The minimum atomic E-state index is -0.310. The molecule has 2 unspecified atom stereocenters. The number of aryl methyl sites for hydroxylation is 1. The fourth-order valence-corrected chi connectivity index (χ4v) is 3.22. The van der Waals surface area contributed by atoms with E-state index in [9.17, 15) is 14.4 Å². The molecule has 142 valence electrons. The van der Waals surface area contributed by atoms with Gasteiger partial charge in [0.1, 0.15) is 5.76 Å². The van der Waals surface area contributed by atoms with Gasteiger partial charge in [0.05, 0.1) is 0 Å². The summed E-state index contributed by atoms with van der Waals surface area (Å²) < 4.78 is 4.93. The van der Waals surface area contributed by atoms with Gasteiger partial charge in [-0.3, -0.25) is 14.4 Å². The normalized spacial score (nSPS) is 24.4. The van der Waals surface area contributed by atoms with Crippen molar-refractivity contribution in [1.82, 2.24) is 20.7 Å². The first-order valence-corrected chi connectivity index (χ1v) is 9.21. The van der Waals surface area contributed by atoms with Crippen LogP contribution in [0.15, 0.2) is 10.6 Å². The Hall–Kier alpha value is -2.38. The van der Waals surface area contributed by atoms with E-state index in [4.69, 9.17) is 4.52 Å². The van der Waals surface area contributed by atoms with Crippen molar-refractivity contribution in [2.75, 3.05) is 13.6 Å². The van der Waals surface area contributed by atoms with E-state index in [2.05, 4.69) is 15.8 Å². The average molecular weight is 362 g/mol. The van der Waals surface area contributed by atoms with Crippen LogP contribution in [0.25, 0.3) is 0 Å². The third-order valence-electron chi connectivity index (χ3n) is 4.94. The minimum absolute atomic E-state index is 0.0187. The Bertz CT molecular complexity index is 682. The molecule has 3 amide bonds. The zero-order chi connectivity index (χ0) is 18.7. The maximum atomic E-state index is 12.4. The molecule has 3 rings (SSSR count). The van der Waals surface area contributed by atoms with Crippen LogP contribution in [0.1, 0.15) is 54.8 Å². The Labute approximate surface area is 152 Å². The van der Waals surface area contributed by atoms with Gasteiger partial charge >= 0.3 is 0 Å². The highest BCUT2D eigenvalue weighted by atomic mass is 16.5. The van der Waals surface area contributed by atoms with Crippen LogP contribution < -0.4 is 10.6 Å². The number of aromatic nitrogens is 1. The topological polar surface area (TPSA) is 105 Å². The molecule has 8 heteroatoms. The second kappa shape index (κ2) is 7.88. The molecular formula is C18H26N4O4. The van der Waals surface area contributed by atoms with E-state index in [1.54, 1.807) is 24.9 Å². The molecular weight excluding hydrogens is 336 g/mol. The number of nitrogens with one attached hydrogen (secondary N) is 2. The largest absolute Gasteiger partial charge is 0.361 e. The van der Waals surface area contributed by atoms with Gasteiger partial charge in [-0.25, -0.2) is 0 Å². The molecule has 0 radical (unpaired) electrons. The van der Waals surface area contributed by atoms with Crippen LogP contribution in [0.4, 0.5) is 0 Å². The summed E-state index contributed by atoms with van der Waals surface area (Å²) >= 11 is 0. The SMILES string of the molecule is Cc1cc(C(=O)NC2CCCC(C(=O)NC3CC3)CC(=O)N(C)C2)no1. The smallest absolute Gasteiger partial charge is 0.273 e. The molecule has 2 aliphatic rings. The van der Waals surface area contributed by atoms with Crippen molar-refractivity contribution >= 4 is 17.7 Å². The quantitative estimate of drug-likeness (QED) is 0.832. The van der Waals surface area contributed by atoms with Crippen molar-refractivity contribution in [1.29, 1.82) is 0 Å². The van der Waals surface area contributed by atoms with Crippen LogP contribution in [0.2, 0.25) is 0 Å². The molecule has 0 bridgehead atoms. The molecule has 1 aliphatic heterocycles. The number of nitrogens with zero attached hydrogens (tertiary/aromatic N) is 2. The molecule has 1 aromatic rings. The molecule has 2 N–H and O–H groups in total. The lowest BCUT2D eigenvalue weighted by Gasteiger charge is -2.24. The fraction of sp³-hybridized carbons (Fsp3) is 0.667. The Morgan fingerprint density at radius 3 is 2.62 bits per heavy atom. The van der Waals surface area contributed by atoms with E-state index >= 15 is 0 Å². The van der Waals surface area contributed by atoms with Gasteiger partial charge in [-0.2, -0.15) is 0 Å². The van der Waals surface area contributed by atoms with E-state index in [0.29, 0.717) is 31.2 Å². The van der Waals surface area contributed by atoms with E-state index in [1.807, 2.05) is 0 Å². The predicted octanol–water partition coefficient (Wildman–Crippen LogP) is 1.01. The van der Waals surface area contributed by atoms with Crippen molar-refractivity contribution < 1.29 is 18.9 Å². The van der Waals surface area contributed by atoms with Crippen LogP contribution in [0.3, 0.4) is 0 Å².